The number of para-hydroxylation sites is 2. The number of carbonyl (C=O) groups excluding carboxylic acids is 1. The third-order valence-corrected chi connectivity index (χ3v) is 5.92. The number of fused-ring (bicyclic) bond motifs is 1. The number of aromatic amines is 1. The molecule has 0 fully saturated rings. The molecule has 0 saturated heterocycles. The molecule has 2 N–H and O–H groups in total. The molecule has 0 aliphatic carbocycles. The van der Waals surface area contributed by atoms with Gasteiger partial charge in [-0.25, -0.2) is 10.4 Å². The van der Waals surface area contributed by atoms with Crippen LogP contribution in [0.4, 0.5) is 0 Å². The van der Waals surface area contributed by atoms with Gasteiger partial charge in [-0.2, -0.15) is 5.10 Å². The largest absolute Gasteiger partial charge is 0.333 e. The maximum atomic E-state index is 12.3. The molecule has 1 aromatic heterocycles. The molecule has 0 aliphatic rings. The van der Waals surface area contributed by atoms with E-state index < -0.39 is 0 Å². The highest BCUT2D eigenvalue weighted by molar-refractivity contribution is 7.98. The lowest BCUT2D eigenvalue weighted by Crippen LogP contribution is -2.17. The molecular weight excluding hydrogens is 439 g/mol. The molecule has 1 amide bonds. The zero-order valence-corrected chi connectivity index (χ0v) is 17.9. The number of hydrazone groups is 1. The molecule has 30 heavy (non-hydrogen) atoms. The van der Waals surface area contributed by atoms with Crippen LogP contribution < -0.4 is 5.43 Å². The molecule has 8 heteroatoms. The Morgan fingerprint density at radius 1 is 1.03 bits per heavy atom. The van der Waals surface area contributed by atoms with Crippen molar-refractivity contribution in [3.63, 3.8) is 0 Å². The van der Waals surface area contributed by atoms with Gasteiger partial charge in [-0.1, -0.05) is 65.3 Å². The number of amides is 1. The lowest BCUT2D eigenvalue weighted by atomic mass is 10.1. The van der Waals surface area contributed by atoms with E-state index >= 15 is 0 Å². The topological polar surface area (TPSA) is 70.1 Å². The Hall–Kier alpha value is -2.80. The highest BCUT2D eigenvalue weighted by atomic mass is 35.5. The van der Waals surface area contributed by atoms with Crippen LogP contribution in [-0.4, -0.2) is 22.1 Å². The molecule has 4 rings (SSSR count). The molecule has 0 radical (unpaired) electrons. The van der Waals surface area contributed by atoms with Crippen LogP contribution in [0.1, 0.15) is 21.5 Å². The number of aromatic nitrogens is 2. The molecule has 5 nitrogen and oxygen atoms in total. The minimum Gasteiger partial charge on any atom is -0.333 e. The maximum Gasteiger partial charge on any atom is 0.271 e. The van der Waals surface area contributed by atoms with Gasteiger partial charge >= 0.3 is 0 Å². The summed E-state index contributed by atoms with van der Waals surface area (Å²) in [7, 11) is 0. The lowest BCUT2D eigenvalue weighted by molar-refractivity contribution is 0.0955. The van der Waals surface area contributed by atoms with Crippen molar-refractivity contribution in [1.29, 1.82) is 0 Å². The first-order chi connectivity index (χ1) is 14.6. The monoisotopic (exact) mass is 454 g/mol. The zero-order valence-electron chi connectivity index (χ0n) is 15.6. The van der Waals surface area contributed by atoms with Gasteiger partial charge < -0.3 is 4.98 Å². The first-order valence-electron chi connectivity index (χ1n) is 9.04. The summed E-state index contributed by atoms with van der Waals surface area (Å²) < 4.78 is 0. The van der Waals surface area contributed by atoms with Crippen molar-refractivity contribution >= 4 is 58.1 Å². The summed E-state index contributed by atoms with van der Waals surface area (Å²) in [5.41, 5.74) is 6.61. The second kappa shape index (κ2) is 9.34. The van der Waals surface area contributed by atoms with E-state index in [1.54, 1.807) is 42.1 Å². The SMILES string of the molecule is O=C(NN=Cc1c(Cl)cccc1Cl)c1ccc(CSc2nc3ccccc3[nH]2)cc1. The van der Waals surface area contributed by atoms with E-state index in [0.717, 1.165) is 27.5 Å². The van der Waals surface area contributed by atoms with Gasteiger partial charge in [0.15, 0.2) is 5.16 Å². The fourth-order valence-electron chi connectivity index (χ4n) is 2.76. The number of halogens is 2. The molecule has 4 aromatic rings. The minimum absolute atomic E-state index is 0.314. The van der Waals surface area contributed by atoms with E-state index in [1.807, 2.05) is 36.4 Å². The van der Waals surface area contributed by atoms with Gasteiger partial charge in [-0.15, -0.1) is 0 Å². The molecule has 0 atom stereocenters. The van der Waals surface area contributed by atoms with Crippen LogP contribution in [0.2, 0.25) is 10.0 Å². The first-order valence-corrected chi connectivity index (χ1v) is 10.8. The van der Waals surface area contributed by atoms with E-state index in [4.69, 9.17) is 23.2 Å². The average molecular weight is 455 g/mol. The van der Waals surface area contributed by atoms with Crippen LogP contribution in [0.15, 0.2) is 77.0 Å². The second-order valence-corrected chi connectivity index (χ2v) is 8.16. The third kappa shape index (κ3) is 4.84. The molecule has 0 aliphatic heterocycles. The van der Waals surface area contributed by atoms with Crippen molar-refractivity contribution in [3.05, 3.63) is 93.5 Å². The summed E-state index contributed by atoms with van der Waals surface area (Å²) in [5.74, 6) is 0.427. The van der Waals surface area contributed by atoms with Crippen molar-refractivity contribution in [2.75, 3.05) is 0 Å². The Labute approximate surface area is 187 Å². The number of nitrogens with one attached hydrogen (secondary N) is 2. The number of hydrogen-bond donors (Lipinski definition) is 2. The summed E-state index contributed by atoms with van der Waals surface area (Å²) in [4.78, 5) is 20.1. The van der Waals surface area contributed by atoms with Crippen molar-refractivity contribution in [1.82, 2.24) is 15.4 Å². The van der Waals surface area contributed by atoms with E-state index in [0.29, 0.717) is 21.2 Å². The van der Waals surface area contributed by atoms with Crippen LogP contribution in [0, 0.1) is 0 Å². The van der Waals surface area contributed by atoms with E-state index in [-0.39, 0.29) is 5.91 Å². The summed E-state index contributed by atoms with van der Waals surface area (Å²) in [6.45, 7) is 0. The van der Waals surface area contributed by atoms with Crippen LogP contribution in [-0.2, 0) is 5.75 Å². The Morgan fingerprint density at radius 2 is 1.77 bits per heavy atom. The second-order valence-electron chi connectivity index (χ2n) is 6.38. The Morgan fingerprint density at radius 3 is 2.50 bits per heavy atom. The van der Waals surface area contributed by atoms with Gasteiger partial charge in [0.1, 0.15) is 0 Å². The van der Waals surface area contributed by atoms with Gasteiger partial charge in [0.05, 0.1) is 27.3 Å². The fraction of sp³-hybridized carbons (Fsp3) is 0.0455. The summed E-state index contributed by atoms with van der Waals surface area (Å²) >= 11 is 13.8. The van der Waals surface area contributed by atoms with Crippen molar-refractivity contribution in [2.45, 2.75) is 10.9 Å². The number of carbonyl (C=O) groups is 1. The number of imidazole rings is 1. The normalized spacial score (nSPS) is 11.3. The van der Waals surface area contributed by atoms with E-state index in [2.05, 4.69) is 20.5 Å². The molecule has 3 aromatic carbocycles. The molecule has 0 saturated carbocycles. The first kappa shape index (κ1) is 20.5. The predicted octanol–water partition coefficient (Wildman–Crippen LogP) is 5.93. The maximum absolute atomic E-state index is 12.3. The van der Waals surface area contributed by atoms with Crippen LogP contribution in [0.25, 0.3) is 11.0 Å². The molecule has 1 heterocycles. The molecular formula is C22H16Cl2N4OS. The van der Waals surface area contributed by atoms with Gasteiger partial charge in [-0.3, -0.25) is 4.79 Å². The average Bonchev–Trinajstić information content (AvgIpc) is 3.18. The number of nitrogens with zero attached hydrogens (tertiary/aromatic N) is 2. The highest BCUT2D eigenvalue weighted by Crippen LogP contribution is 2.23. The summed E-state index contributed by atoms with van der Waals surface area (Å²) in [6.07, 6.45) is 1.43. The Bertz CT molecular complexity index is 1170. The number of benzene rings is 3. The smallest absolute Gasteiger partial charge is 0.271 e. The standard InChI is InChI=1S/C22H16Cl2N4OS/c23-17-4-3-5-18(24)16(17)12-25-28-21(29)15-10-8-14(9-11-15)13-30-22-26-19-6-1-2-7-20(19)27-22/h1-12H,13H2,(H,26,27)(H,28,29). The summed E-state index contributed by atoms with van der Waals surface area (Å²) in [6, 6.07) is 20.4. The Balaban J connectivity index is 1.34. The van der Waals surface area contributed by atoms with E-state index in [9.17, 15) is 4.79 Å². The fourth-order valence-corrected chi connectivity index (χ4v) is 4.09. The highest BCUT2D eigenvalue weighted by Gasteiger charge is 2.07. The van der Waals surface area contributed by atoms with Crippen molar-refractivity contribution in [2.24, 2.45) is 5.10 Å². The predicted molar refractivity (Wildman–Crippen MR) is 124 cm³/mol. The van der Waals surface area contributed by atoms with Crippen molar-refractivity contribution < 1.29 is 4.79 Å². The quantitative estimate of drug-likeness (QED) is 0.215. The van der Waals surface area contributed by atoms with Gasteiger partial charge in [0.2, 0.25) is 0 Å². The van der Waals surface area contributed by atoms with Gasteiger partial charge in [-0.05, 0) is 42.0 Å². The Kier molecular flexibility index (Phi) is 6.38. The van der Waals surface area contributed by atoms with E-state index in [1.165, 1.54) is 6.21 Å². The van der Waals surface area contributed by atoms with Crippen LogP contribution in [0.3, 0.4) is 0 Å². The number of hydrogen-bond acceptors (Lipinski definition) is 4. The van der Waals surface area contributed by atoms with Gasteiger partial charge in [0.25, 0.3) is 5.91 Å². The summed E-state index contributed by atoms with van der Waals surface area (Å²) in [5, 5.41) is 5.74. The molecule has 150 valence electrons. The molecule has 0 bridgehead atoms. The lowest BCUT2D eigenvalue weighted by Gasteiger charge is -2.03. The number of thioether (sulfide) groups is 1. The molecule has 0 unspecified atom stereocenters. The van der Waals surface area contributed by atoms with Crippen molar-refractivity contribution in [3.8, 4) is 0 Å². The molecule has 0 spiro atoms. The van der Waals surface area contributed by atoms with Crippen LogP contribution >= 0.6 is 35.0 Å². The van der Waals surface area contributed by atoms with Gasteiger partial charge in [0, 0.05) is 16.9 Å². The number of H-pyrrole nitrogens is 1. The van der Waals surface area contributed by atoms with Crippen LogP contribution in [0.5, 0.6) is 0 Å². The zero-order chi connectivity index (χ0) is 20.9. The minimum atomic E-state index is -0.314. The third-order valence-electron chi connectivity index (χ3n) is 4.32. The number of rotatable bonds is 6.